The fourth-order valence-corrected chi connectivity index (χ4v) is 4.98. The van der Waals surface area contributed by atoms with Crippen molar-refractivity contribution in [2.24, 2.45) is 0 Å². The van der Waals surface area contributed by atoms with Crippen molar-refractivity contribution in [3.05, 3.63) is 54.1 Å². The molecule has 0 saturated carbocycles. The molecule has 1 aliphatic rings. The molecule has 30 heavy (non-hydrogen) atoms. The number of hydrogen-bond donors (Lipinski definition) is 1. The molecule has 2 aromatic carbocycles. The van der Waals surface area contributed by atoms with Gasteiger partial charge in [-0.3, -0.25) is 4.79 Å². The molecule has 0 bridgehead atoms. The molecule has 0 unspecified atom stereocenters. The van der Waals surface area contributed by atoms with Crippen LogP contribution in [0.3, 0.4) is 0 Å². The summed E-state index contributed by atoms with van der Waals surface area (Å²) in [6.45, 7) is 1.02. The summed E-state index contributed by atoms with van der Waals surface area (Å²) in [5.74, 6) is 0.668. The second kappa shape index (κ2) is 9.77. The second-order valence-corrected chi connectivity index (χ2v) is 8.83. The number of rotatable bonds is 7. The Hall–Kier alpha value is -2.84. The van der Waals surface area contributed by atoms with Crippen LogP contribution in [0.25, 0.3) is 6.08 Å². The Labute approximate surface area is 177 Å². The average Bonchev–Trinajstić information content (AvgIpc) is 2.78. The van der Waals surface area contributed by atoms with Gasteiger partial charge in [-0.1, -0.05) is 12.5 Å². The van der Waals surface area contributed by atoms with Gasteiger partial charge in [0.15, 0.2) is 0 Å². The molecule has 0 radical (unpaired) electrons. The molecular formula is C22H26N2O5S. The first-order valence-electron chi connectivity index (χ1n) is 9.75. The standard InChI is InChI=1S/C22H26N2O5S/c1-28-19-10-8-18(9-11-19)23-22(25)13-7-17-6-12-20(29-2)21(16-17)30(26,27)24-14-4-3-5-15-24/h6-13,16H,3-5,14-15H2,1-2H3,(H,23,25)/b13-7+. The number of carbonyl (C=O) groups excluding carboxylic acids is 1. The number of anilines is 1. The van der Waals surface area contributed by atoms with E-state index in [0.717, 1.165) is 19.3 Å². The third kappa shape index (κ3) is 5.20. The monoisotopic (exact) mass is 430 g/mol. The van der Waals surface area contributed by atoms with Crippen LogP contribution >= 0.6 is 0 Å². The van der Waals surface area contributed by atoms with Gasteiger partial charge < -0.3 is 14.8 Å². The molecule has 1 N–H and O–H groups in total. The summed E-state index contributed by atoms with van der Waals surface area (Å²) < 4.78 is 38.0. The third-order valence-electron chi connectivity index (χ3n) is 4.91. The number of carbonyl (C=O) groups is 1. The van der Waals surface area contributed by atoms with Crippen LogP contribution in [0.15, 0.2) is 53.4 Å². The largest absolute Gasteiger partial charge is 0.497 e. The minimum atomic E-state index is -3.66. The van der Waals surface area contributed by atoms with Gasteiger partial charge in [0.25, 0.3) is 0 Å². The summed E-state index contributed by atoms with van der Waals surface area (Å²) in [5.41, 5.74) is 1.23. The summed E-state index contributed by atoms with van der Waals surface area (Å²) >= 11 is 0. The topological polar surface area (TPSA) is 84.9 Å². The molecular weight excluding hydrogens is 404 g/mol. The smallest absolute Gasteiger partial charge is 0.248 e. The summed E-state index contributed by atoms with van der Waals surface area (Å²) in [6.07, 6.45) is 5.69. The number of hydrogen-bond acceptors (Lipinski definition) is 5. The maximum absolute atomic E-state index is 13.1. The summed E-state index contributed by atoms with van der Waals surface area (Å²) in [6, 6.07) is 11.8. The van der Waals surface area contributed by atoms with Crippen molar-refractivity contribution in [1.82, 2.24) is 4.31 Å². The normalized spacial score (nSPS) is 15.1. The van der Waals surface area contributed by atoms with Gasteiger partial charge in [0.05, 0.1) is 14.2 Å². The Balaban J connectivity index is 1.77. The van der Waals surface area contributed by atoms with Crippen LogP contribution < -0.4 is 14.8 Å². The minimum absolute atomic E-state index is 0.115. The van der Waals surface area contributed by atoms with Gasteiger partial charge in [0.2, 0.25) is 15.9 Å². The number of benzene rings is 2. The second-order valence-electron chi connectivity index (χ2n) is 6.93. The van der Waals surface area contributed by atoms with Gasteiger partial charge in [-0.25, -0.2) is 8.42 Å². The van der Waals surface area contributed by atoms with E-state index in [0.29, 0.717) is 35.8 Å². The van der Waals surface area contributed by atoms with E-state index < -0.39 is 10.0 Å². The summed E-state index contributed by atoms with van der Waals surface area (Å²) in [4.78, 5) is 12.3. The first-order valence-corrected chi connectivity index (χ1v) is 11.2. The summed E-state index contributed by atoms with van der Waals surface area (Å²) in [7, 11) is -0.638. The van der Waals surface area contributed by atoms with Crippen LogP contribution in [0.2, 0.25) is 0 Å². The molecule has 8 heteroatoms. The van der Waals surface area contributed by atoms with Crippen LogP contribution in [0, 0.1) is 0 Å². The Morgan fingerprint density at radius 2 is 1.70 bits per heavy atom. The van der Waals surface area contributed by atoms with Crippen LogP contribution in [-0.4, -0.2) is 45.9 Å². The Morgan fingerprint density at radius 3 is 2.33 bits per heavy atom. The fraction of sp³-hybridized carbons (Fsp3) is 0.318. The van der Waals surface area contributed by atoms with Crippen molar-refractivity contribution >= 4 is 27.7 Å². The highest BCUT2D eigenvalue weighted by molar-refractivity contribution is 7.89. The van der Waals surface area contributed by atoms with E-state index in [1.54, 1.807) is 55.7 Å². The van der Waals surface area contributed by atoms with E-state index in [2.05, 4.69) is 5.32 Å². The highest BCUT2D eigenvalue weighted by Gasteiger charge is 2.28. The van der Waals surface area contributed by atoms with Crippen LogP contribution in [-0.2, 0) is 14.8 Å². The lowest BCUT2D eigenvalue weighted by molar-refractivity contribution is -0.111. The molecule has 1 saturated heterocycles. The van der Waals surface area contributed by atoms with Crippen molar-refractivity contribution < 1.29 is 22.7 Å². The van der Waals surface area contributed by atoms with Crippen molar-refractivity contribution in [3.8, 4) is 11.5 Å². The maximum Gasteiger partial charge on any atom is 0.248 e. The minimum Gasteiger partial charge on any atom is -0.497 e. The van der Waals surface area contributed by atoms with E-state index in [-0.39, 0.29) is 10.8 Å². The third-order valence-corrected chi connectivity index (χ3v) is 6.83. The highest BCUT2D eigenvalue weighted by Crippen LogP contribution is 2.30. The number of nitrogens with one attached hydrogen (secondary N) is 1. The van der Waals surface area contributed by atoms with Gasteiger partial charge in [0.1, 0.15) is 16.4 Å². The van der Waals surface area contributed by atoms with Crippen molar-refractivity contribution in [2.75, 3.05) is 32.6 Å². The molecule has 7 nitrogen and oxygen atoms in total. The van der Waals surface area contributed by atoms with Gasteiger partial charge in [-0.2, -0.15) is 4.31 Å². The molecule has 0 aromatic heterocycles. The first kappa shape index (κ1) is 21.9. The molecule has 0 aliphatic carbocycles. The lowest BCUT2D eigenvalue weighted by Gasteiger charge is -2.26. The Kier molecular flexibility index (Phi) is 7.12. The number of nitrogens with zero attached hydrogens (tertiary/aromatic N) is 1. The van der Waals surface area contributed by atoms with E-state index in [1.807, 2.05) is 0 Å². The van der Waals surface area contributed by atoms with E-state index in [1.165, 1.54) is 17.5 Å². The van der Waals surface area contributed by atoms with Crippen molar-refractivity contribution in [3.63, 3.8) is 0 Å². The fourth-order valence-electron chi connectivity index (χ4n) is 3.27. The zero-order valence-corrected chi connectivity index (χ0v) is 17.9. The Morgan fingerprint density at radius 1 is 1.00 bits per heavy atom. The van der Waals surface area contributed by atoms with Crippen LogP contribution in [0.1, 0.15) is 24.8 Å². The zero-order valence-electron chi connectivity index (χ0n) is 17.1. The number of amides is 1. The zero-order chi connectivity index (χ0) is 21.6. The summed E-state index contributed by atoms with van der Waals surface area (Å²) in [5, 5.41) is 2.75. The van der Waals surface area contributed by atoms with Crippen LogP contribution in [0.5, 0.6) is 11.5 Å². The molecule has 0 atom stereocenters. The first-order chi connectivity index (χ1) is 14.4. The van der Waals surface area contributed by atoms with E-state index >= 15 is 0 Å². The van der Waals surface area contributed by atoms with Gasteiger partial charge in [-0.15, -0.1) is 0 Å². The molecule has 2 aromatic rings. The number of piperidine rings is 1. The lowest BCUT2D eigenvalue weighted by atomic mass is 10.2. The van der Waals surface area contributed by atoms with E-state index in [4.69, 9.17) is 9.47 Å². The predicted molar refractivity (Wildman–Crippen MR) is 116 cm³/mol. The Bertz CT molecular complexity index is 1010. The van der Waals surface area contributed by atoms with Crippen molar-refractivity contribution in [1.29, 1.82) is 0 Å². The van der Waals surface area contributed by atoms with E-state index in [9.17, 15) is 13.2 Å². The average molecular weight is 431 g/mol. The maximum atomic E-state index is 13.1. The van der Waals surface area contributed by atoms with Crippen molar-refractivity contribution in [2.45, 2.75) is 24.2 Å². The SMILES string of the molecule is COc1ccc(NC(=O)/C=C/c2ccc(OC)c(S(=O)(=O)N3CCCCC3)c2)cc1. The highest BCUT2D eigenvalue weighted by atomic mass is 32.2. The molecule has 1 amide bonds. The molecule has 0 spiro atoms. The van der Waals surface area contributed by atoms with Gasteiger partial charge in [-0.05, 0) is 60.9 Å². The number of sulfonamides is 1. The number of ether oxygens (including phenoxy) is 2. The molecule has 1 heterocycles. The van der Waals surface area contributed by atoms with Gasteiger partial charge >= 0.3 is 0 Å². The van der Waals surface area contributed by atoms with Gasteiger partial charge in [0, 0.05) is 24.9 Å². The predicted octanol–water partition coefficient (Wildman–Crippen LogP) is 3.53. The molecule has 3 rings (SSSR count). The quantitative estimate of drug-likeness (QED) is 0.680. The lowest BCUT2D eigenvalue weighted by Crippen LogP contribution is -2.35. The molecule has 1 fully saturated rings. The molecule has 1 aliphatic heterocycles. The molecule has 160 valence electrons. The van der Waals surface area contributed by atoms with Crippen LogP contribution in [0.4, 0.5) is 5.69 Å². The number of methoxy groups -OCH3 is 2.